The highest BCUT2D eigenvalue weighted by atomic mass is 127. The molecule has 0 N–H and O–H groups in total. The minimum absolute atomic E-state index is 0.626. The van der Waals surface area contributed by atoms with Gasteiger partial charge in [0.25, 0.3) is 0 Å². The van der Waals surface area contributed by atoms with Gasteiger partial charge >= 0.3 is 0 Å². The van der Waals surface area contributed by atoms with Gasteiger partial charge in [0.2, 0.25) is 0 Å². The molecule has 0 fully saturated rings. The highest BCUT2D eigenvalue weighted by Crippen LogP contribution is 2.37. The Hall–Kier alpha value is -1.38. The fourth-order valence-electron chi connectivity index (χ4n) is 2.43. The SMILES string of the molecule is COc1ccccc1[P@@](c1ccccc1)c1ccccc1I. The molecule has 1 nitrogen and oxygen atoms in total. The van der Waals surface area contributed by atoms with Gasteiger partial charge < -0.3 is 4.74 Å². The summed E-state index contributed by atoms with van der Waals surface area (Å²) in [5.41, 5.74) is 0. The van der Waals surface area contributed by atoms with Crippen molar-refractivity contribution in [3.63, 3.8) is 0 Å². The fraction of sp³-hybridized carbons (Fsp3) is 0.0526. The molecular formula is C19H16IOP. The number of para-hydroxylation sites is 1. The van der Waals surface area contributed by atoms with Crippen molar-refractivity contribution in [1.82, 2.24) is 0 Å². The molecule has 0 spiro atoms. The average molecular weight is 418 g/mol. The summed E-state index contributed by atoms with van der Waals surface area (Å²) >= 11 is 2.43. The predicted octanol–water partition coefficient (Wildman–Crippen LogP) is 4.06. The Bertz CT molecular complexity index is 758. The molecule has 3 rings (SSSR count). The van der Waals surface area contributed by atoms with Crippen LogP contribution in [-0.2, 0) is 0 Å². The van der Waals surface area contributed by atoms with E-state index in [0.717, 1.165) is 5.75 Å². The van der Waals surface area contributed by atoms with E-state index in [9.17, 15) is 0 Å². The van der Waals surface area contributed by atoms with Crippen molar-refractivity contribution in [3.05, 3.63) is 82.4 Å². The van der Waals surface area contributed by atoms with Crippen LogP contribution >= 0.6 is 30.5 Å². The standard InChI is InChI=1S/C19H16IOP/c1-21-17-12-6-8-14-19(17)22(15-9-3-2-4-10-15)18-13-7-5-11-16(18)20/h2-14H,1H3/t22-/m0/s1. The lowest BCUT2D eigenvalue weighted by Gasteiger charge is -2.22. The van der Waals surface area contributed by atoms with Gasteiger partial charge in [-0.3, -0.25) is 0 Å². The summed E-state index contributed by atoms with van der Waals surface area (Å²) in [4.78, 5) is 0. The lowest BCUT2D eigenvalue weighted by Crippen LogP contribution is -2.23. The highest BCUT2D eigenvalue weighted by Gasteiger charge is 2.21. The number of methoxy groups -OCH3 is 1. The fourth-order valence-corrected chi connectivity index (χ4v) is 5.97. The quantitative estimate of drug-likeness (QED) is 0.459. The van der Waals surface area contributed by atoms with Gasteiger partial charge in [-0.25, -0.2) is 0 Å². The van der Waals surface area contributed by atoms with Crippen LogP contribution in [0.3, 0.4) is 0 Å². The van der Waals surface area contributed by atoms with Crippen molar-refractivity contribution >= 4 is 46.4 Å². The maximum atomic E-state index is 5.62. The first kappa shape index (κ1) is 15.5. The van der Waals surface area contributed by atoms with Crippen molar-refractivity contribution in [3.8, 4) is 5.75 Å². The number of rotatable bonds is 4. The van der Waals surface area contributed by atoms with E-state index in [-0.39, 0.29) is 0 Å². The highest BCUT2D eigenvalue weighted by molar-refractivity contribution is 14.1. The molecule has 1 atom stereocenters. The van der Waals surface area contributed by atoms with Crippen LogP contribution in [0.5, 0.6) is 5.75 Å². The average Bonchev–Trinajstić information content (AvgIpc) is 2.58. The van der Waals surface area contributed by atoms with Crippen LogP contribution in [0.4, 0.5) is 0 Å². The number of ether oxygens (including phenoxy) is 1. The van der Waals surface area contributed by atoms with E-state index in [1.54, 1.807) is 7.11 Å². The Balaban J connectivity index is 2.22. The van der Waals surface area contributed by atoms with E-state index < -0.39 is 7.92 Å². The molecule has 22 heavy (non-hydrogen) atoms. The Labute approximate surface area is 146 Å². The van der Waals surface area contributed by atoms with Gasteiger partial charge in [-0.05, 0) is 53.3 Å². The molecule has 0 saturated heterocycles. The minimum Gasteiger partial charge on any atom is -0.496 e. The number of benzene rings is 3. The summed E-state index contributed by atoms with van der Waals surface area (Å²) in [6.07, 6.45) is 0. The summed E-state index contributed by atoms with van der Waals surface area (Å²) in [6.45, 7) is 0. The normalized spacial score (nSPS) is 11.9. The molecule has 3 aromatic carbocycles. The van der Waals surface area contributed by atoms with Crippen LogP contribution < -0.4 is 20.7 Å². The number of hydrogen-bond acceptors (Lipinski definition) is 1. The third-order valence-corrected chi connectivity index (χ3v) is 7.34. The van der Waals surface area contributed by atoms with E-state index in [0.29, 0.717) is 0 Å². The van der Waals surface area contributed by atoms with Gasteiger partial charge in [0, 0.05) is 8.87 Å². The van der Waals surface area contributed by atoms with Crippen LogP contribution in [0.25, 0.3) is 0 Å². The van der Waals surface area contributed by atoms with Gasteiger partial charge in [0.05, 0.1) is 7.11 Å². The molecule has 3 heteroatoms. The molecule has 3 aromatic rings. The van der Waals surface area contributed by atoms with Gasteiger partial charge in [-0.15, -0.1) is 0 Å². The minimum atomic E-state index is -0.626. The van der Waals surface area contributed by atoms with Crippen molar-refractivity contribution in [2.24, 2.45) is 0 Å². The van der Waals surface area contributed by atoms with E-state index in [1.807, 2.05) is 12.1 Å². The molecule has 0 heterocycles. The van der Waals surface area contributed by atoms with Crippen LogP contribution in [-0.4, -0.2) is 7.11 Å². The molecule has 0 aliphatic heterocycles. The number of hydrogen-bond donors (Lipinski definition) is 0. The molecule has 0 radical (unpaired) electrons. The lowest BCUT2D eigenvalue weighted by molar-refractivity contribution is 0.418. The summed E-state index contributed by atoms with van der Waals surface area (Å²) in [5, 5.41) is 3.97. The van der Waals surface area contributed by atoms with Crippen LogP contribution in [0.15, 0.2) is 78.9 Å². The Kier molecular flexibility index (Phi) is 5.12. The van der Waals surface area contributed by atoms with Crippen LogP contribution in [0.1, 0.15) is 0 Å². The number of halogens is 1. The maximum Gasteiger partial charge on any atom is 0.127 e. The maximum absolute atomic E-state index is 5.62. The van der Waals surface area contributed by atoms with E-state index >= 15 is 0 Å². The lowest BCUT2D eigenvalue weighted by atomic mass is 10.3. The Morgan fingerprint density at radius 1 is 0.727 bits per heavy atom. The summed E-state index contributed by atoms with van der Waals surface area (Å²) < 4.78 is 6.92. The molecule has 0 saturated carbocycles. The second-order valence-electron chi connectivity index (χ2n) is 4.79. The topological polar surface area (TPSA) is 9.23 Å². The third-order valence-electron chi connectivity index (χ3n) is 3.43. The summed E-state index contributed by atoms with van der Waals surface area (Å²) in [6, 6.07) is 27.6. The molecule has 0 aliphatic carbocycles. The summed E-state index contributed by atoms with van der Waals surface area (Å²) in [7, 11) is 1.12. The predicted molar refractivity (Wildman–Crippen MR) is 104 cm³/mol. The van der Waals surface area contributed by atoms with Crippen molar-refractivity contribution in [2.45, 2.75) is 0 Å². The molecule has 0 aromatic heterocycles. The van der Waals surface area contributed by atoms with Crippen molar-refractivity contribution in [1.29, 1.82) is 0 Å². The molecular weight excluding hydrogens is 402 g/mol. The van der Waals surface area contributed by atoms with E-state index in [1.165, 1.54) is 19.5 Å². The Morgan fingerprint density at radius 2 is 1.32 bits per heavy atom. The van der Waals surface area contributed by atoms with Gasteiger partial charge in [-0.1, -0.05) is 66.7 Å². The van der Waals surface area contributed by atoms with Gasteiger partial charge in [0.15, 0.2) is 0 Å². The second kappa shape index (κ2) is 7.26. The zero-order chi connectivity index (χ0) is 15.4. The molecule has 110 valence electrons. The molecule has 0 aliphatic rings. The Morgan fingerprint density at radius 3 is 2.00 bits per heavy atom. The molecule has 0 bridgehead atoms. The van der Waals surface area contributed by atoms with E-state index in [2.05, 4.69) is 89.3 Å². The molecule has 0 amide bonds. The van der Waals surface area contributed by atoms with E-state index in [4.69, 9.17) is 4.74 Å². The third kappa shape index (κ3) is 3.18. The second-order valence-corrected chi connectivity index (χ2v) is 8.11. The first-order valence-corrected chi connectivity index (χ1v) is 9.46. The van der Waals surface area contributed by atoms with Crippen LogP contribution in [0.2, 0.25) is 0 Å². The zero-order valence-electron chi connectivity index (χ0n) is 12.2. The van der Waals surface area contributed by atoms with Crippen molar-refractivity contribution < 1.29 is 4.74 Å². The summed E-state index contributed by atoms with van der Waals surface area (Å²) in [5.74, 6) is 0.956. The monoisotopic (exact) mass is 418 g/mol. The first-order valence-electron chi connectivity index (χ1n) is 7.04. The van der Waals surface area contributed by atoms with Crippen LogP contribution in [0, 0.1) is 3.57 Å². The largest absolute Gasteiger partial charge is 0.496 e. The molecule has 0 unspecified atom stereocenters. The van der Waals surface area contributed by atoms with Crippen molar-refractivity contribution in [2.75, 3.05) is 7.11 Å². The first-order chi connectivity index (χ1) is 10.8. The van der Waals surface area contributed by atoms with Gasteiger partial charge in [-0.2, -0.15) is 0 Å². The smallest absolute Gasteiger partial charge is 0.127 e. The van der Waals surface area contributed by atoms with Gasteiger partial charge in [0.1, 0.15) is 5.75 Å². The zero-order valence-corrected chi connectivity index (χ0v) is 15.3.